The minimum atomic E-state index is -1.41. The molecular formula is C18H12O7. The maximum Gasteiger partial charge on any atom is 0.348 e. The van der Waals surface area contributed by atoms with E-state index in [1.807, 2.05) is 0 Å². The number of hydrogen-bond acceptors (Lipinski definition) is 6. The second kappa shape index (κ2) is 6.04. The Balaban J connectivity index is 2.18. The molecule has 0 aliphatic carbocycles. The number of esters is 1. The molecule has 4 N–H and O–H groups in total. The van der Waals surface area contributed by atoms with Gasteiger partial charge < -0.3 is 25.2 Å². The van der Waals surface area contributed by atoms with Gasteiger partial charge in [-0.2, -0.15) is 0 Å². The predicted octanol–water partition coefficient (Wildman–Crippen LogP) is 2.42. The van der Waals surface area contributed by atoms with Crippen LogP contribution in [-0.4, -0.2) is 32.4 Å². The number of carboxylic acid groups (broad SMARTS) is 1. The van der Waals surface area contributed by atoms with Gasteiger partial charge in [0.05, 0.1) is 0 Å². The summed E-state index contributed by atoms with van der Waals surface area (Å²) in [6.45, 7) is 0. The molecule has 2 aromatic rings. The molecule has 0 spiro atoms. The predicted molar refractivity (Wildman–Crippen MR) is 86.4 cm³/mol. The average Bonchev–Trinajstić information content (AvgIpc) is 2.85. The highest BCUT2D eigenvalue weighted by atomic mass is 16.6. The summed E-state index contributed by atoms with van der Waals surface area (Å²) in [6, 6.07) is 10.6. The Morgan fingerprint density at radius 3 is 1.88 bits per heavy atom. The highest BCUT2D eigenvalue weighted by Crippen LogP contribution is 2.36. The van der Waals surface area contributed by atoms with E-state index < -0.39 is 29.0 Å². The molecule has 0 radical (unpaired) electrons. The van der Waals surface area contributed by atoms with E-state index in [2.05, 4.69) is 0 Å². The summed E-state index contributed by atoms with van der Waals surface area (Å²) < 4.78 is 4.99. The number of aliphatic hydroxyl groups is 1. The average molecular weight is 340 g/mol. The summed E-state index contributed by atoms with van der Waals surface area (Å²) in [5.74, 6) is -3.50. The van der Waals surface area contributed by atoms with Gasteiger partial charge in [-0.05, 0) is 35.4 Å². The van der Waals surface area contributed by atoms with Gasteiger partial charge in [0.15, 0.2) is 11.5 Å². The van der Waals surface area contributed by atoms with Crippen LogP contribution in [0.2, 0.25) is 0 Å². The van der Waals surface area contributed by atoms with Crippen LogP contribution in [0.15, 0.2) is 60.0 Å². The maximum atomic E-state index is 12.1. The zero-order chi connectivity index (χ0) is 18.1. The minimum absolute atomic E-state index is 0.0266. The minimum Gasteiger partial charge on any atom is -0.508 e. The van der Waals surface area contributed by atoms with Crippen molar-refractivity contribution in [2.24, 2.45) is 0 Å². The van der Waals surface area contributed by atoms with Crippen molar-refractivity contribution in [3.05, 3.63) is 71.2 Å². The lowest BCUT2D eigenvalue weighted by Crippen LogP contribution is -2.06. The Kier molecular flexibility index (Phi) is 3.90. The van der Waals surface area contributed by atoms with Gasteiger partial charge in [-0.3, -0.25) is 0 Å². The Morgan fingerprint density at radius 1 is 0.840 bits per heavy atom. The van der Waals surface area contributed by atoms with Crippen LogP contribution in [0.3, 0.4) is 0 Å². The van der Waals surface area contributed by atoms with Crippen molar-refractivity contribution in [2.45, 2.75) is 0 Å². The van der Waals surface area contributed by atoms with Crippen LogP contribution in [0, 0.1) is 0 Å². The first kappa shape index (κ1) is 16.1. The summed E-state index contributed by atoms with van der Waals surface area (Å²) in [4.78, 5) is 23.8. The molecule has 0 saturated carbocycles. The van der Waals surface area contributed by atoms with Crippen molar-refractivity contribution in [3.63, 3.8) is 0 Å². The van der Waals surface area contributed by atoms with Crippen LogP contribution in [0.1, 0.15) is 11.1 Å². The Bertz CT molecular complexity index is 919. The molecule has 0 saturated heterocycles. The summed E-state index contributed by atoms with van der Waals surface area (Å²) in [7, 11) is 0. The summed E-state index contributed by atoms with van der Waals surface area (Å²) >= 11 is 0. The third-order valence-electron chi connectivity index (χ3n) is 3.60. The molecule has 0 unspecified atom stereocenters. The zero-order valence-corrected chi connectivity index (χ0v) is 12.6. The fourth-order valence-electron chi connectivity index (χ4n) is 2.43. The zero-order valence-electron chi connectivity index (χ0n) is 12.6. The standard InChI is InChI=1S/C18H12O7/c19-11-5-1-9(2-6-11)13-15(21)16(25-18(13)24)14(17(22)23)10-3-7-12(20)8-4-10/h1-8,19-21H,(H,22,23)/b16-14+. The number of carbonyl (C=O) groups excluding carboxylic acids is 1. The molecule has 7 nitrogen and oxygen atoms in total. The van der Waals surface area contributed by atoms with Crippen molar-refractivity contribution in [1.29, 1.82) is 0 Å². The second-order valence-corrected chi connectivity index (χ2v) is 5.22. The molecule has 0 aromatic heterocycles. The normalized spacial score (nSPS) is 15.9. The van der Waals surface area contributed by atoms with E-state index in [0.717, 1.165) is 0 Å². The number of carboxylic acids is 1. The number of aromatic hydroxyl groups is 2. The molecule has 0 fully saturated rings. The lowest BCUT2D eigenvalue weighted by molar-refractivity contribution is -0.131. The number of carbonyl (C=O) groups is 2. The van der Waals surface area contributed by atoms with Crippen molar-refractivity contribution in [1.82, 2.24) is 0 Å². The Hall–Kier alpha value is -3.74. The molecule has 1 aliphatic heterocycles. The molecule has 0 atom stereocenters. The van der Waals surface area contributed by atoms with Crippen molar-refractivity contribution in [3.8, 4) is 11.5 Å². The van der Waals surface area contributed by atoms with E-state index in [4.69, 9.17) is 4.74 Å². The van der Waals surface area contributed by atoms with Crippen LogP contribution in [0.4, 0.5) is 0 Å². The fourth-order valence-corrected chi connectivity index (χ4v) is 2.43. The van der Waals surface area contributed by atoms with Crippen LogP contribution in [0.25, 0.3) is 11.1 Å². The molecule has 0 amide bonds. The van der Waals surface area contributed by atoms with Gasteiger partial charge in [0.25, 0.3) is 0 Å². The first-order valence-electron chi connectivity index (χ1n) is 7.10. The number of cyclic esters (lactones) is 1. The fraction of sp³-hybridized carbons (Fsp3) is 0. The SMILES string of the molecule is O=C1O/C(=C(/C(=O)O)c2ccc(O)cc2)C(O)=C1c1ccc(O)cc1. The molecular weight excluding hydrogens is 328 g/mol. The van der Waals surface area contributed by atoms with E-state index in [-0.39, 0.29) is 28.2 Å². The number of rotatable bonds is 3. The first-order chi connectivity index (χ1) is 11.9. The Labute approximate surface area is 141 Å². The van der Waals surface area contributed by atoms with Crippen LogP contribution in [0.5, 0.6) is 11.5 Å². The van der Waals surface area contributed by atoms with Crippen molar-refractivity contribution in [2.75, 3.05) is 0 Å². The molecule has 3 rings (SSSR count). The number of benzene rings is 2. The highest BCUT2D eigenvalue weighted by molar-refractivity contribution is 6.25. The van der Waals surface area contributed by atoms with E-state index in [0.29, 0.717) is 0 Å². The van der Waals surface area contributed by atoms with E-state index in [1.165, 1.54) is 48.5 Å². The second-order valence-electron chi connectivity index (χ2n) is 5.22. The van der Waals surface area contributed by atoms with Crippen molar-refractivity contribution >= 4 is 23.1 Å². The largest absolute Gasteiger partial charge is 0.508 e. The van der Waals surface area contributed by atoms with Gasteiger partial charge in [-0.1, -0.05) is 24.3 Å². The highest BCUT2D eigenvalue weighted by Gasteiger charge is 2.35. The van der Waals surface area contributed by atoms with Crippen molar-refractivity contribution < 1.29 is 34.8 Å². The van der Waals surface area contributed by atoms with E-state index in [1.54, 1.807) is 0 Å². The molecule has 126 valence electrons. The quantitative estimate of drug-likeness (QED) is 0.499. The first-order valence-corrected chi connectivity index (χ1v) is 7.10. The summed E-state index contributed by atoms with van der Waals surface area (Å²) in [6.07, 6.45) is 0. The molecule has 0 bridgehead atoms. The van der Waals surface area contributed by atoms with Gasteiger partial charge in [0.2, 0.25) is 0 Å². The third-order valence-corrected chi connectivity index (χ3v) is 3.60. The molecule has 1 heterocycles. The summed E-state index contributed by atoms with van der Waals surface area (Å²) in [5, 5.41) is 38.5. The third kappa shape index (κ3) is 2.90. The van der Waals surface area contributed by atoms with Gasteiger partial charge >= 0.3 is 11.9 Å². The van der Waals surface area contributed by atoms with Gasteiger partial charge in [-0.25, -0.2) is 9.59 Å². The van der Waals surface area contributed by atoms with E-state index >= 15 is 0 Å². The number of hydrogen-bond donors (Lipinski definition) is 4. The number of phenolic OH excluding ortho intramolecular Hbond substituents is 2. The van der Waals surface area contributed by atoms with Gasteiger partial charge in [-0.15, -0.1) is 0 Å². The van der Waals surface area contributed by atoms with Crippen LogP contribution in [-0.2, 0) is 14.3 Å². The molecule has 25 heavy (non-hydrogen) atoms. The topological polar surface area (TPSA) is 124 Å². The molecule has 1 aliphatic rings. The van der Waals surface area contributed by atoms with Gasteiger partial charge in [0, 0.05) is 0 Å². The molecule has 2 aromatic carbocycles. The molecule has 7 heteroatoms. The van der Waals surface area contributed by atoms with Crippen LogP contribution < -0.4 is 0 Å². The monoisotopic (exact) mass is 340 g/mol. The number of ether oxygens (including phenoxy) is 1. The van der Waals surface area contributed by atoms with Crippen LogP contribution >= 0.6 is 0 Å². The lowest BCUT2D eigenvalue weighted by atomic mass is 10.0. The maximum absolute atomic E-state index is 12.1. The summed E-state index contributed by atoms with van der Waals surface area (Å²) in [5.41, 5.74) is -0.204. The van der Waals surface area contributed by atoms with Gasteiger partial charge in [0.1, 0.15) is 22.6 Å². The number of aliphatic carboxylic acids is 1. The lowest BCUT2D eigenvalue weighted by Gasteiger charge is -2.07. The number of phenols is 2. The van der Waals surface area contributed by atoms with E-state index in [9.17, 15) is 30.0 Å². The number of aliphatic hydroxyl groups excluding tert-OH is 1. The Morgan fingerprint density at radius 2 is 1.36 bits per heavy atom. The smallest absolute Gasteiger partial charge is 0.348 e.